The first-order valence-corrected chi connectivity index (χ1v) is 18.9. The molecule has 0 aliphatic heterocycles. The molecular formula is C54H37N. The molecule has 55 heavy (non-hydrogen) atoms. The van der Waals surface area contributed by atoms with Crippen molar-refractivity contribution in [3.8, 4) is 44.5 Å². The van der Waals surface area contributed by atoms with Crippen LogP contribution >= 0.6 is 0 Å². The average molecular weight is 700 g/mol. The number of hydrogen-bond acceptors (Lipinski definition) is 1. The Morgan fingerprint density at radius 3 is 1.47 bits per heavy atom. The minimum absolute atomic E-state index is 1.09. The number of hydrogen-bond donors (Lipinski definition) is 0. The molecule has 1 nitrogen and oxygen atoms in total. The van der Waals surface area contributed by atoms with E-state index >= 15 is 0 Å². The van der Waals surface area contributed by atoms with Crippen molar-refractivity contribution in [3.63, 3.8) is 0 Å². The van der Waals surface area contributed by atoms with E-state index in [9.17, 15) is 0 Å². The Kier molecular flexibility index (Phi) is 8.24. The molecule has 0 bridgehead atoms. The van der Waals surface area contributed by atoms with E-state index in [1.165, 1.54) is 76.8 Å². The normalized spacial score (nSPS) is 11.3. The molecule has 0 atom stereocenters. The topological polar surface area (TPSA) is 3.24 Å². The second kappa shape index (κ2) is 14.0. The zero-order chi connectivity index (χ0) is 36.6. The Morgan fingerprint density at radius 2 is 0.764 bits per heavy atom. The lowest BCUT2D eigenvalue weighted by molar-refractivity contribution is 1.28. The third kappa shape index (κ3) is 6.02. The van der Waals surface area contributed by atoms with Gasteiger partial charge in [0.2, 0.25) is 0 Å². The van der Waals surface area contributed by atoms with Crippen LogP contribution in [0.1, 0.15) is 0 Å². The number of rotatable bonds is 7. The molecule has 0 N–H and O–H groups in total. The first-order chi connectivity index (χ1) is 27.3. The fourth-order valence-electron chi connectivity index (χ4n) is 8.20. The van der Waals surface area contributed by atoms with Crippen LogP contribution in [0.25, 0.3) is 76.8 Å². The van der Waals surface area contributed by atoms with Crippen LogP contribution in [0.3, 0.4) is 0 Å². The first-order valence-electron chi connectivity index (χ1n) is 18.9. The molecule has 10 aromatic rings. The highest BCUT2D eigenvalue weighted by atomic mass is 15.1. The Bertz CT molecular complexity index is 2900. The molecule has 1 heteroatoms. The third-order valence-corrected chi connectivity index (χ3v) is 10.8. The average Bonchev–Trinajstić information content (AvgIpc) is 3.27. The van der Waals surface area contributed by atoms with Crippen molar-refractivity contribution in [1.29, 1.82) is 0 Å². The summed E-state index contributed by atoms with van der Waals surface area (Å²) in [6.45, 7) is 0. The van der Waals surface area contributed by atoms with Gasteiger partial charge in [-0.2, -0.15) is 0 Å². The van der Waals surface area contributed by atoms with Gasteiger partial charge in [-0.3, -0.25) is 0 Å². The van der Waals surface area contributed by atoms with Crippen LogP contribution in [0.15, 0.2) is 224 Å². The van der Waals surface area contributed by atoms with Crippen molar-refractivity contribution >= 4 is 49.4 Å². The summed E-state index contributed by atoms with van der Waals surface area (Å²) >= 11 is 0. The Hall–Kier alpha value is -7.22. The summed E-state index contributed by atoms with van der Waals surface area (Å²) in [7, 11) is 0. The van der Waals surface area contributed by atoms with E-state index in [4.69, 9.17) is 0 Å². The van der Waals surface area contributed by atoms with Gasteiger partial charge in [0.15, 0.2) is 0 Å². The molecule has 258 valence electrons. The number of benzene rings is 10. The van der Waals surface area contributed by atoms with Crippen LogP contribution in [0, 0.1) is 0 Å². The van der Waals surface area contributed by atoms with Crippen molar-refractivity contribution in [2.75, 3.05) is 4.90 Å². The smallest absolute Gasteiger partial charge is 0.0540 e. The van der Waals surface area contributed by atoms with Crippen molar-refractivity contribution in [3.05, 3.63) is 224 Å². The highest BCUT2D eigenvalue weighted by Crippen LogP contribution is 2.46. The summed E-state index contributed by atoms with van der Waals surface area (Å²) in [4.78, 5) is 2.45. The predicted octanol–water partition coefficient (Wildman–Crippen LogP) is 15.3. The van der Waals surface area contributed by atoms with Crippen LogP contribution in [-0.4, -0.2) is 0 Å². The highest BCUT2D eigenvalue weighted by molar-refractivity contribution is 6.15. The van der Waals surface area contributed by atoms with E-state index in [1.54, 1.807) is 0 Å². The molecule has 0 saturated carbocycles. The standard InChI is InChI=1S/C54H37N/c1-3-16-38(17-4-1)43-34-44(39-18-5-2-6-19-39)36-46(35-43)55(45-32-30-41(31-33-45)48-28-15-22-40-20-7-9-23-47(40)48)54-29-14-13-27-52(54)53-37-42-21-8-10-24-49(42)50-25-11-12-26-51(50)53/h1-37H. The summed E-state index contributed by atoms with van der Waals surface area (Å²) in [5, 5.41) is 7.49. The van der Waals surface area contributed by atoms with Gasteiger partial charge in [0, 0.05) is 16.9 Å². The van der Waals surface area contributed by atoms with Crippen molar-refractivity contribution in [1.82, 2.24) is 0 Å². The van der Waals surface area contributed by atoms with Gasteiger partial charge in [-0.1, -0.05) is 182 Å². The van der Waals surface area contributed by atoms with Gasteiger partial charge >= 0.3 is 0 Å². The zero-order valence-electron chi connectivity index (χ0n) is 30.3. The van der Waals surface area contributed by atoms with Gasteiger partial charge in [-0.05, 0) is 114 Å². The van der Waals surface area contributed by atoms with Gasteiger partial charge in [0.25, 0.3) is 0 Å². The van der Waals surface area contributed by atoms with Gasteiger partial charge in [-0.15, -0.1) is 0 Å². The Morgan fingerprint density at radius 1 is 0.236 bits per heavy atom. The number of fused-ring (bicyclic) bond motifs is 4. The lowest BCUT2D eigenvalue weighted by Crippen LogP contribution is -2.11. The van der Waals surface area contributed by atoms with Crippen LogP contribution in [0.4, 0.5) is 17.1 Å². The van der Waals surface area contributed by atoms with Crippen LogP contribution in [-0.2, 0) is 0 Å². The first kappa shape index (κ1) is 32.4. The second-order valence-electron chi connectivity index (χ2n) is 14.1. The largest absolute Gasteiger partial charge is 0.310 e. The molecule has 0 unspecified atom stereocenters. The van der Waals surface area contributed by atoms with Crippen LogP contribution in [0.2, 0.25) is 0 Å². The van der Waals surface area contributed by atoms with Crippen molar-refractivity contribution in [2.24, 2.45) is 0 Å². The Balaban J connectivity index is 1.23. The Labute approximate surface area is 322 Å². The fourth-order valence-corrected chi connectivity index (χ4v) is 8.20. The van der Waals surface area contributed by atoms with Gasteiger partial charge in [0.05, 0.1) is 5.69 Å². The molecule has 0 aliphatic rings. The van der Waals surface area contributed by atoms with E-state index in [1.807, 2.05) is 0 Å². The third-order valence-electron chi connectivity index (χ3n) is 10.8. The molecule has 0 spiro atoms. The molecule has 10 rings (SSSR count). The minimum atomic E-state index is 1.09. The van der Waals surface area contributed by atoms with Crippen LogP contribution in [0.5, 0.6) is 0 Å². The summed E-state index contributed by atoms with van der Waals surface area (Å²) in [6, 6.07) is 81.6. The lowest BCUT2D eigenvalue weighted by Gasteiger charge is -2.29. The molecule has 0 fully saturated rings. The molecule has 0 aliphatic carbocycles. The number of anilines is 3. The van der Waals surface area contributed by atoms with Crippen molar-refractivity contribution in [2.45, 2.75) is 0 Å². The van der Waals surface area contributed by atoms with Gasteiger partial charge in [-0.25, -0.2) is 0 Å². The minimum Gasteiger partial charge on any atom is -0.310 e. The predicted molar refractivity (Wildman–Crippen MR) is 235 cm³/mol. The maximum Gasteiger partial charge on any atom is 0.0540 e. The molecule has 0 radical (unpaired) electrons. The zero-order valence-corrected chi connectivity index (χ0v) is 30.3. The monoisotopic (exact) mass is 699 g/mol. The SMILES string of the molecule is c1ccc(-c2cc(-c3ccccc3)cc(N(c3ccc(-c4cccc5ccccc45)cc3)c3ccccc3-c3cc4ccccc4c4ccccc34)c2)cc1. The van der Waals surface area contributed by atoms with Crippen molar-refractivity contribution < 1.29 is 0 Å². The molecule has 0 heterocycles. The summed E-state index contributed by atoms with van der Waals surface area (Å²) in [5.41, 5.74) is 12.8. The second-order valence-corrected chi connectivity index (χ2v) is 14.1. The van der Waals surface area contributed by atoms with Crippen LogP contribution < -0.4 is 4.90 Å². The lowest BCUT2D eigenvalue weighted by atomic mass is 9.91. The quantitative estimate of drug-likeness (QED) is 0.150. The molecule has 10 aromatic carbocycles. The summed E-state index contributed by atoms with van der Waals surface area (Å²) in [6.07, 6.45) is 0. The van der Waals surface area contributed by atoms with E-state index < -0.39 is 0 Å². The van der Waals surface area contributed by atoms with E-state index in [-0.39, 0.29) is 0 Å². The summed E-state index contributed by atoms with van der Waals surface area (Å²) in [5.74, 6) is 0. The highest BCUT2D eigenvalue weighted by Gasteiger charge is 2.21. The number of para-hydroxylation sites is 1. The van der Waals surface area contributed by atoms with E-state index in [2.05, 4.69) is 229 Å². The molecular weight excluding hydrogens is 663 g/mol. The maximum atomic E-state index is 2.45. The van der Waals surface area contributed by atoms with Gasteiger partial charge in [0.1, 0.15) is 0 Å². The number of nitrogens with zero attached hydrogens (tertiary/aromatic N) is 1. The molecule has 0 amide bonds. The fraction of sp³-hybridized carbons (Fsp3) is 0. The van der Waals surface area contributed by atoms with E-state index in [0.29, 0.717) is 0 Å². The van der Waals surface area contributed by atoms with Gasteiger partial charge < -0.3 is 4.90 Å². The summed E-state index contributed by atoms with van der Waals surface area (Å²) < 4.78 is 0. The van der Waals surface area contributed by atoms with E-state index in [0.717, 1.165) is 17.1 Å². The molecule has 0 saturated heterocycles. The molecule has 0 aromatic heterocycles. The maximum absolute atomic E-state index is 2.45.